The van der Waals surface area contributed by atoms with Gasteiger partial charge >= 0.3 is 6.09 Å². The average molecular weight is 463 g/mol. The zero-order chi connectivity index (χ0) is 23.0. The molecule has 4 aromatic rings. The van der Waals surface area contributed by atoms with Crippen LogP contribution in [0.25, 0.3) is 0 Å². The molecule has 33 heavy (non-hydrogen) atoms. The monoisotopic (exact) mass is 462 g/mol. The second-order valence-corrected chi connectivity index (χ2v) is 7.51. The predicted molar refractivity (Wildman–Crippen MR) is 123 cm³/mol. The Morgan fingerprint density at radius 2 is 1.73 bits per heavy atom. The molecule has 0 spiro atoms. The van der Waals surface area contributed by atoms with Crippen LogP contribution in [0.15, 0.2) is 72.8 Å². The van der Waals surface area contributed by atoms with Gasteiger partial charge in [-0.3, -0.25) is 10.1 Å². The van der Waals surface area contributed by atoms with Gasteiger partial charge in [0.25, 0.3) is 5.91 Å². The first-order chi connectivity index (χ1) is 16.0. The topological polar surface area (TPSA) is 122 Å². The molecular weight excluding hydrogens is 444 g/mol. The number of benzene rings is 3. The number of ether oxygens (including phenoxy) is 1. The van der Waals surface area contributed by atoms with E-state index in [0.29, 0.717) is 28.6 Å². The Morgan fingerprint density at radius 1 is 0.909 bits per heavy atom. The summed E-state index contributed by atoms with van der Waals surface area (Å²) in [7, 11) is 0. The molecule has 0 saturated carbocycles. The molecule has 0 aliphatic carbocycles. The molecule has 10 heteroatoms. The molecule has 166 valence electrons. The van der Waals surface area contributed by atoms with Crippen LogP contribution in [-0.4, -0.2) is 32.6 Å². The molecule has 1 aromatic heterocycles. The van der Waals surface area contributed by atoms with Crippen LogP contribution in [0.3, 0.4) is 0 Å². The predicted octanol–water partition coefficient (Wildman–Crippen LogP) is 4.44. The summed E-state index contributed by atoms with van der Waals surface area (Å²) in [6, 6.07) is 21.2. The van der Waals surface area contributed by atoms with E-state index < -0.39 is 6.09 Å². The number of aromatic amines is 1. The third kappa shape index (κ3) is 6.37. The third-order valence-electron chi connectivity index (χ3n) is 4.56. The van der Waals surface area contributed by atoms with Gasteiger partial charge in [0.2, 0.25) is 0 Å². The van der Waals surface area contributed by atoms with Crippen LogP contribution >= 0.6 is 11.6 Å². The lowest BCUT2D eigenvalue weighted by Crippen LogP contribution is -2.15. The van der Waals surface area contributed by atoms with Crippen molar-refractivity contribution in [1.82, 2.24) is 20.6 Å². The fourth-order valence-electron chi connectivity index (χ4n) is 3.07. The van der Waals surface area contributed by atoms with Gasteiger partial charge in [0.15, 0.2) is 5.82 Å². The van der Waals surface area contributed by atoms with Gasteiger partial charge in [-0.2, -0.15) is 5.21 Å². The van der Waals surface area contributed by atoms with E-state index in [2.05, 4.69) is 31.3 Å². The quantitative estimate of drug-likeness (QED) is 0.373. The number of halogens is 1. The summed E-state index contributed by atoms with van der Waals surface area (Å²) in [6.45, 7) is 0.126. The van der Waals surface area contributed by atoms with Crippen LogP contribution in [0.2, 0.25) is 5.02 Å². The molecule has 9 nitrogen and oxygen atoms in total. The molecule has 1 heterocycles. The van der Waals surface area contributed by atoms with Crippen molar-refractivity contribution in [3.05, 3.63) is 100 Å². The molecule has 2 amide bonds. The molecule has 3 aromatic carbocycles. The van der Waals surface area contributed by atoms with Crippen LogP contribution < -0.4 is 10.6 Å². The maximum atomic E-state index is 12.8. The Labute approximate surface area is 194 Å². The van der Waals surface area contributed by atoms with Crippen LogP contribution in [0.1, 0.15) is 27.3 Å². The van der Waals surface area contributed by atoms with E-state index in [0.717, 1.165) is 11.1 Å². The van der Waals surface area contributed by atoms with Gasteiger partial charge in [-0.25, -0.2) is 4.79 Å². The lowest BCUT2D eigenvalue weighted by Gasteiger charge is -2.11. The van der Waals surface area contributed by atoms with Gasteiger partial charge in [-0.1, -0.05) is 59.3 Å². The molecule has 4 rings (SSSR count). The number of carbonyl (C=O) groups excluding carboxylic acids is 2. The highest BCUT2D eigenvalue weighted by molar-refractivity contribution is 6.31. The molecule has 0 saturated heterocycles. The van der Waals surface area contributed by atoms with E-state index in [4.69, 9.17) is 16.3 Å². The number of hydrogen-bond acceptors (Lipinski definition) is 6. The average Bonchev–Trinajstić information content (AvgIpc) is 3.31. The van der Waals surface area contributed by atoms with Crippen molar-refractivity contribution >= 4 is 35.0 Å². The van der Waals surface area contributed by atoms with Crippen molar-refractivity contribution in [2.75, 3.05) is 10.6 Å². The number of anilines is 2. The number of aromatic nitrogens is 4. The number of rotatable bonds is 7. The number of nitrogens with zero attached hydrogens (tertiary/aromatic N) is 3. The second kappa shape index (κ2) is 10.4. The third-order valence-corrected chi connectivity index (χ3v) is 4.77. The van der Waals surface area contributed by atoms with E-state index in [-0.39, 0.29) is 18.1 Å². The molecule has 0 radical (unpaired) electrons. The summed E-state index contributed by atoms with van der Waals surface area (Å²) in [4.78, 5) is 24.9. The van der Waals surface area contributed by atoms with Gasteiger partial charge in [0.05, 0.1) is 0 Å². The Balaban J connectivity index is 1.39. The van der Waals surface area contributed by atoms with E-state index in [9.17, 15) is 9.59 Å². The minimum Gasteiger partial charge on any atom is -0.444 e. The zero-order valence-corrected chi connectivity index (χ0v) is 18.0. The van der Waals surface area contributed by atoms with E-state index >= 15 is 0 Å². The fourth-order valence-corrected chi connectivity index (χ4v) is 3.31. The smallest absolute Gasteiger partial charge is 0.411 e. The van der Waals surface area contributed by atoms with E-state index in [1.54, 1.807) is 6.07 Å². The van der Waals surface area contributed by atoms with Gasteiger partial charge < -0.3 is 10.1 Å². The molecule has 3 N–H and O–H groups in total. The highest BCUT2D eigenvalue weighted by Gasteiger charge is 2.12. The van der Waals surface area contributed by atoms with Crippen molar-refractivity contribution in [3.8, 4) is 0 Å². The first-order valence-electron chi connectivity index (χ1n) is 9.96. The Morgan fingerprint density at radius 3 is 2.52 bits per heavy atom. The van der Waals surface area contributed by atoms with Crippen LogP contribution in [-0.2, 0) is 17.8 Å². The summed E-state index contributed by atoms with van der Waals surface area (Å²) >= 11 is 6.16. The SMILES string of the molecule is O=C(Nc1cc(Cl)cc(C(=O)Nc2cccc(Cc3nn[nH]n3)c2)c1)OCc1ccccc1. The normalized spacial score (nSPS) is 10.5. The van der Waals surface area contributed by atoms with Crippen molar-refractivity contribution in [2.24, 2.45) is 0 Å². The highest BCUT2D eigenvalue weighted by Crippen LogP contribution is 2.21. The summed E-state index contributed by atoms with van der Waals surface area (Å²) in [5, 5.41) is 19.5. The minimum absolute atomic E-state index is 0.126. The molecule has 0 unspecified atom stereocenters. The van der Waals surface area contributed by atoms with E-state index in [1.807, 2.05) is 48.5 Å². The zero-order valence-electron chi connectivity index (χ0n) is 17.3. The standard InChI is InChI=1S/C23H19ClN6O3/c24-18-11-17(12-20(13-18)26-23(32)33-14-15-5-2-1-3-6-15)22(31)25-19-8-4-7-16(9-19)10-21-27-29-30-28-21/h1-9,11-13H,10,14H2,(H,25,31)(H,26,32)(H,27,28,29,30). The van der Waals surface area contributed by atoms with Crippen LogP contribution in [0.4, 0.5) is 16.2 Å². The Bertz CT molecular complexity index is 1250. The van der Waals surface area contributed by atoms with Gasteiger partial charge in [-0.05, 0) is 41.5 Å². The maximum absolute atomic E-state index is 12.8. The number of carbonyl (C=O) groups is 2. The largest absolute Gasteiger partial charge is 0.444 e. The lowest BCUT2D eigenvalue weighted by atomic mass is 10.1. The highest BCUT2D eigenvalue weighted by atomic mass is 35.5. The van der Waals surface area contributed by atoms with Gasteiger partial charge in [0.1, 0.15) is 6.61 Å². The summed E-state index contributed by atoms with van der Waals surface area (Å²) in [6.07, 6.45) is -0.182. The molecule has 0 aliphatic heterocycles. The van der Waals surface area contributed by atoms with Crippen molar-refractivity contribution in [2.45, 2.75) is 13.0 Å². The number of nitrogens with one attached hydrogen (secondary N) is 3. The van der Waals surface area contributed by atoms with Crippen LogP contribution in [0.5, 0.6) is 0 Å². The van der Waals surface area contributed by atoms with Crippen molar-refractivity contribution in [3.63, 3.8) is 0 Å². The Kier molecular flexibility index (Phi) is 6.91. The first-order valence-corrected chi connectivity index (χ1v) is 10.3. The van der Waals surface area contributed by atoms with Crippen molar-refractivity contribution in [1.29, 1.82) is 0 Å². The molecular formula is C23H19ClN6O3. The Hall–Kier alpha value is -4.24. The molecule has 0 aliphatic rings. The van der Waals surface area contributed by atoms with Gasteiger partial charge in [-0.15, -0.1) is 10.2 Å². The summed E-state index contributed by atoms with van der Waals surface area (Å²) < 4.78 is 5.21. The number of hydrogen-bond donors (Lipinski definition) is 3. The molecule has 0 fully saturated rings. The minimum atomic E-state index is -0.651. The summed E-state index contributed by atoms with van der Waals surface area (Å²) in [5.41, 5.74) is 2.99. The molecule has 0 bridgehead atoms. The number of tetrazole rings is 1. The summed E-state index contributed by atoms with van der Waals surface area (Å²) in [5.74, 6) is 0.165. The number of amides is 2. The maximum Gasteiger partial charge on any atom is 0.411 e. The fraction of sp³-hybridized carbons (Fsp3) is 0.0870. The first kappa shape index (κ1) is 22.0. The van der Waals surface area contributed by atoms with Gasteiger partial charge in [0, 0.05) is 28.4 Å². The van der Waals surface area contributed by atoms with E-state index in [1.165, 1.54) is 18.2 Å². The second-order valence-electron chi connectivity index (χ2n) is 7.07. The molecule has 0 atom stereocenters. The lowest BCUT2D eigenvalue weighted by molar-refractivity contribution is 0.102. The van der Waals surface area contributed by atoms with Crippen molar-refractivity contribution < 1.29 is 14.3 Å². The van der Waals surface area contributed by atoms with Crippen LogP contribution in [0, 0.1) is 0 Å². The number of H-pyrrole nitrogens is 1.